The molecule has 0 fully saturated rings. The maximum Gasteiger partial charge on any atom is 0.242 e. The first kappa shape index (κ1) is 15.5. The Balaban J connectivity index is 1.82. The summed E-state index contributed by atoms with van der Waals surface area (Å²) < 4.78 is 1.52. The Hall–Kier alpha value is -1.92. The summed E-state index contributed by atoms with van der Waals surface area (Å²) in [5, 5.41) is 11.4. The zero-order chi connectivity index (χ0) is 15.1. The van der Waals surface area contributed by atoms with Gasteiger partial charge in [-0.2, -0.15) is 0 Å². The molecule has 0 radical (unpaired) electrons. The molecule has 3 N–H and O–H groups in total. The Morgan fingerprint density at radius 2 is 2.19 bits per heavy atom. The number of nitrogens with zero attached hydrogens (tertiary/aromatic N) is 3. The highest BCUT2D eigenvalue weighted by Crippen LogP contribution is 2.14. The van der Waals surface area contributed by atoms with Crippen molar-refractivity contribution < 1.29 is 4.79 Å². The number of nitrogens with one attached hydrogen (secondary N) is 1. The SMILES string of the molecule is NCCCc1cn(CC(=O)NCc2ccccc2Cl)nn1. The number of aromatic nitrogens is 3. The summed E-state index contributed by atoms with van der Waals surface area (Å²) in [6.07, 6.45) is 3.40. The lowest BCUT2D eigenvalue weighted by molar-refractivity contribution is -0.122. The van der Waals surface area contributed by atoms with E-state index in [9.17, 15) is 4.79 Å². The zero-order valence-electron chi connectivity index (χ0n) is 11.6. The molecule has 1 aromatic carbocycles. The van der Waals surface area contributed by atoms with E-state index in [4.69, 9.17) is 17.3 Å². The summed E-state index contributed by atoms with van der Waals surface area (Å²) >= 11 is 6.03. The Kier molecular flexibility index (Phi) is 5.71. The number of aryl methyl sites for hydroxylation is 1. The molecule has 0 bridgehead atoms. The third-order valence-electron chi connectivity index (χ3n) is 2.96. The van der Waals surface area contributed by atoms with E-state index in [1.807, 2.05) is 18.2 Å². The lowest BCUT2D eigenvalue weighted by Crippen LogP contribution is -2.27. The molecule has 0 atom stereocenters. The van der Waals surface area contributed by atoms with Crippen molar-refractivity contribution in [2.75, 3.05) is 6.54 Å². The highest BCUT2D eigenvalue weighted by atomic mass is 35.5. The van der Waals surface area contributed by atoms with E-state index in [1.165, 1.54) is 4.68 Å². The molecule has 0 spiro atoms. The fraction of sp³-hybridized carbons (Fsp3) is 0.357. The number of rotatable bonds is 7. The van der Waals surface area contributed by atoms with Crippen LogP contribution in [0, 0.1) is 0 Å². The van der Waals surface area contributed by atoms with Gasteiger partial charge in [0.05, 0.1) is 5.69 Å². The first-order valence-corrected chi connectivity index (χ1v) is 7.16. The molecular weight excluding hydrogens is 290 g/mol. The molecular formula is C14H18ClN5O. The van der Waals surface area contributed by atoms with Crippen molar-refractivity contribution in [3.8, 4) is 0 Å². The van der Waals surface area contributed by atoms with Gasteiger partial charge >= 0.3 is 0 Å². The van der Waals surface area contributed by atoms with Crippen LogP contribution in [0.5, 0.6) is 0 Å². The summed E-state index contributed by atoms with van der Waals surface area (Å²) in [6.45, 7) is 1.15. The first-order chi connectivity index (χ1) is 10.2. The molecule has 1 amide bonds. The van der Waals surface area contributed by atoms with E-state index >= 15 is 0 Å². The topological polar surface area (TPSA) is 85.8 Å². The third kappa shape index (κ3) is 4.84. The van der Waals surface area contributed by atoms with Crippen LogP contribution in [0.15, 0.2) is 30.5 Å². The van der Waals surface area contributed by atoms with Gasteiger partial charge in [-0.15, -0.1) is 5.10 Å². The summed E-state index contributed by atoms with van der Waals surface area (Å²) in [7, 11) is 0. The highest BCUT2D eigenvalue weighted by molar-refractivity contribution is 6.31. The lowest BCUT2D eigenvalue weighted by atomic mass is 10.2. The molecule has 0 aliphatic carbocycles. The average molecular weight is 308 g/mol. The number of halogens is 1. The van der Waals surface area contributed by atoms with Crippen molar-refractivity contribution in [3.05, 3.63) is 46.7 Å². The average Bonchev–Trinajstić information content (AvgIpc) is 2.91. The minimum absolute atomic E-state index is 0.134. The smallest absolute Gasteiger partial charge is 0.242 e. The van der Waals surface area contributed by atoms with Crippen molar-refractivity contribution in [2.24, 2.45) is 5.73 Å². The molecule has 2 rings (SSSR count). The van der Waals surface area contributed by atoms with E-state index in [0.29, 0.717) is 18.1 Å². The third-order valence-corrected chi connectivity index (χ3v) is 3.33. The van der Waals surface area contributed by atoms with Gasteiger partial charge in [0, 0.05) is 17.8 Å². The van der Waals surface area contributed by atoms with Gasteiger partial charge in [0.1, 0.15) is 6.54 Å². The molecule has 21 heavy (non-hydrogen) atoms. The summed E-state index contributed by atoms with van der Waals surface area (Å²) in [4.78, 5) is 11.9. The maximum atomic E-state index is 11.9. The first-order valence-electron chi connectivity index (χ1n) is 6.78. The minimum atomic E-state index is -0.134. The van der Waals surface area contributed by atoms with Crippen LogP contribution < -0.4 is 11.1 Å². The fourth-order valence-corrected chi connectivity index (χ4v) is 2.05. The van der Waals surface area contributed by atoms with Gasteiger partial charge in [0.2, 0.25) is 5.91 Å². The van der Waals surface area contributed by atoms with Gasteiger partial charge in [0.15, 0.2) is 0 Å². The second kappa shape index (κ2) is 7.75. The molecule has 1 aromatic heterocycles. The van der Waals surface area contributed by atoms with Crippen molar-refractivity contribution in [1.29, 1.82) is 0 Å². The summed E-state index contributed by atoms with van der Waals surface area (Å²) in [6, 6.07) is 7.41. The van der Waals surface area contributed by atoms with Crippen LogP contribution in [-0.4, -0.2) is 27.4 Å². The van der Waals surface area contributed by atoms with Gasteiger partial charge < -0.3 is 11.1 Å². The van der Waals surface area contributed by atoms with Crippen molar-refractivity contribution in [3.63, 3.8) is 0 Å². The fourth-order valence-electron chi connectivity index (χ4n) is 1.85. The molecule has 112 valence electrons. The molecule has 0 aliphatic heterocycles. The van der Waals surface area contributed by atoms with Crippen LogP contribution in [0.3, 0.4) is 0 Å². The number of carbonyl (C=O) groups excluding carboxylic acids is 1. The standard InChI is InChI=1S/C14H18ClN5O/c15-13-6-2-1-4-11(13)8-17-14(21)10-20-9-12(18-19-20)5-3-7-16/h1-2,4,6,9H,3,5,7-8,10,16H2,(H,17,21). The number of amides is 1. The van der Waals surface area contributed by atoms with Gasteiger partial charge in [-0.3, -0.25) is 4.79 Å². The van der Waals surface area contributed by atoms with Crippen molar-refractivity contribution in [1.82, 2.24) is 20.3 Å². The van der Waals surface area contributed by atoms with E-state index < -0.39 is 0 Å². The Bertz CT molecular complexity index is 599. The van der Waals surface area contributed by atoms with Crippen molar-refractivity contribution >= 4 is 17.5 Å². The van der Waals surface area contributed by atoms with Gasteiger partial charge in [0.25, 0.3) is 0 Å². The van der Waals surface area contributed by atoms with E-state index in [2.05, 4.69) is 15.6 Å². The molecule has 6 nitrogen and oxygen atoms in total. The normalized spacial score (nSPS) is 10.6. The second-order valence-corrected chi connectivity index (χ2v) is 5.08. The molecule has 0 saturated heterocycles. The second-order valence-electron chi connectivity index (χ2n) is 4.67. The predicted molar refractivity (Wildman–Crippen MR) is 80.7 cm³/mol. The van der Waals surface area contributed by atoms with Gasteiger partial charge in [-0.25, -0.2) is 4.68 Å². The number of hydrogen-bond acceptors (Lipinski definition) is 4. The van der Waals surface area contributed by atoms with Crippen LogP contribution in [0.4, 0.5) is 0 Å². The number of hydrogen-bond donors (Lipinski definition) is 2. The molecule has 0 saturated carbocycles. The van der Waals surface area contributed by atoms with Crippen LogP contribution in [0.2, 0.25) is 5.02 Å². The molecule has 1 heterocycles. The number of benzene rings is 1. The summed E-state index contributed by atoms with van der Waals surface area (Å²) in [5.74, 6) is -0.134. The van der Waals surface area contributed by atoms with Gasteiger partial charge in [-0.05, 0) is 31.0 Å². The Morgan fingerprint density at radius 3 is 2.95 bits per heavy atom. The largest absolute Gasteiger partial charge is 0.350 e. The number of nitrogens with two attached hydrogens (primary N) is 1. The van der Waals surface area contributed by atoms with Crippen LogP contribution in [0.25, 0.3) is 0 Å². The van der Waals surface area contributed by atoms with Crippen molar-refractivity contribution in [2.45, 2.75) is 25.9 Å². The van der Waals surface area contributed by atoms with Crippen LogP contribution >= 0.6 is 11.6 Å². The van der Waals surface area contributed by atoms with Crippen LogP contribution in [-0.2, 0) is 24.3 Å². The Labute approximate surface area is 128 Å². The van der Waals surface area contributed by atoms with E-state index in [-0.39, 0.29) is 12.5 Å². The maximum absolute atomic E-state index is 11.9. The quantitative estimate of drug-likeness (QED) is 0.803. The molecule has 0 aliphatic rings. The summed E-state index contributed by atoms with van der Waals surface area (Å²) in [5.41, 5.74) is 7.17. The molecule has 0 unspecified atom stereocenters. The van der Waals surface area contributed by atoms with Gasteiger partial charge in [-0.1, -0.05) is 35.0 Å². The minimum Gasteiger partial charge on any atom is -0.350 e. The van der Waals surface area contributed by atoms with Crippen LogP contribution in [0.1, 0.15) is 17.7 Å². The molecule has 2 aromatic rings. The Morgan fingerprint density at radius 1 is 1.38 bits per heavy atom. The van der Waals surface area contributed by atoms with E-state index in [1.54, 1.807) is 12.3 Å². The lowest BCUT2D eigenvalue weighted by Gasteiger charge is -2.06. The number of carbonyl (C=O) groups is 1. The molecule has 7 heteroatoms. The van der Waals surface area contributed by atoms with E-state index in [0.717, 1.165) is 24.1 Å². The highest BCUT2D eigenvalue weighted by Gasteiger charge is 2.07. The predicted octanol–water partition coefficient (Wildman–Crippen LogP) is 1.14. The zero-order valence-corrected chi connectivity index (χ0v) is 12.4. The monoisotopic (exact) mass is 307 g/mol.